The van der Waals surface area contributed by atoms with E-state index in [2.05, 4.69) is 25.9 Å². The smallest absolute Gasteiger partial charge is 0.251 e. The molecule has 4 aromatic rings. The first-order chi connectivity index (χ1) is 12.7. The maximum Gasteiger partial charge on any atom is 0.251 e. The lowest BCUT2D eigenvalue weighted by Crippen LogP contribution is -2.17. The highest BCUT2D eigenvalue weighted by molar-refractivity contribution is 7.08. The molecule has 0 bridgehead atoms. The van der Waals surface area contributed by atoms with E-state index in [0.29, 0.717) is 17.8 Å². The minimum Gasteiger partial charge on any atom is -0.365 e. The molecule has 3 aromatic heterocycles. The van der Waals surface area contributed by atoms with Crippen molar-refractivity contribution in [3.05, 3.63) is 64.4 Å². The van der Waals surface area contributed by atoms with Crippen LogP contribution in [0.25, 0.3) is 17.0 Å². The Balaban J connectivity index is 1.52. The highest BCUT2D eigenvalue weighted by atomic mass is 32.1. The number of carbonyl (C=O) groups is 1. The van der Waals surface area contributed by atoms with Gasteiger partial charge in [0.25, 0.3) is 5.91 Å². The summed E-state index contributed by atoms with van der Waals surface area (Å²) < 4.78 is 1.74. The van der Waals surface area contributed by atoms with E-state index in [1.165, 1.54) is 0 Å². The number of nitrogens with zero attached hydrogens (tertiary/aromatic N) is 4. The Kier molecular flexibility index (Phi) is 4.32. The molecule has 0 spiro atoms. The zero-order valence-corrected chi connectivity index (χ0v) is 14.8. The summed E-state index contributed by atoms with van der Waals surface area (Å²) in [4.78, 5) is 11.6. The minimum absolute atomic E-state index is 0.0924. The van der Waals surface area contributed by atoms with Crippen LogP contribution in [0.3, 0.4) is 0 Å². The number of benzene rings is 1. The van der Waals surface area contributed by atoms with Gasteiger partial charge in [0.2, 0.25) is 0 Å². The zero-order valence-electron chi connectivity index (χ0n) is 14.0. The van der Waals surface area contributed by atoms with Crippen molar-refractivity contribution in [3.8, 4) is 11.4 Å². The van der Waals surface area contributed by atoms with Crippen LogP contribution in [-0.4, -0.2) is 32.8 Å². The molecule has 0 aliphatic heterocycles. The second-order valence-corrected chi connectivity index (χ2v) is 6.43. The third kappa shape index (κ3) is 3.14. The van der Waals surface area contributed by atoms with Crippen LogP contribution in [0.4, 0.5) is 5.82 Å². The van der Waals surface area contributed by atoms with Gasteiger partial charge in [-0.25, -0.2) is 0 Å². The van der Waals surface area contributed by atoms with Crippen molar-refractivity contribution in [2.24, 2.45) is 0 Å². The van der Waals surface area contributed by atoms with Crippen LogP contribution in [0.15, 0.2) is 53.2 Å². The van der Waals surface area contributed by atoms with Crippen LogP contribution in [0.5, 0.6) is 0 Å². The van der Waals surface area contributed by atoms with E-state index in [0.717, 1.165) is 22.8 Å². The van der Waals surface area contributed by atoms with E-state index in [1.54, 1.807) is 35.0 Å². The van der Waals surface area contributed by atoms with E-state index in [4.69, 9.17) is 0 Å². The molecule has 7 nitrogen and oxygen atoms in total. The number of amides is 1. The van der Waals surface area contributed by atoms with Crippen LogP contribution in [0.2, 0.25) is 0 Å². The lowest BCUT2D eigenvalue weighted by atomic mass is 10.1. The Morgan fingerprint density at radius 1 is 1.12 bits per heavy atom. The number of fused-ring (bicyclic) bond motifs is 1. The Labute approximate surface area is 153 Å². The van der Waals surface area contributed by atoms with E-state index in [1.807, 2.05) is 41.1 Å². The summed E-state index contributed by atoms with van der Waals surface area (Å²) in [6.45, 7) is 0.600. The first-order valence-electron chi connectivity index (χ1n) is 8.04. The molecule has 0 saturated carbocycles. The van der Waals surface area contributed by atoms with Gasteiger partial charge in [-0.2, -0.15) is 15.9 Å². The molecule has 1 aromatic carbocycles. The monoisotopic (exact) mass is 364 g/mol. The summed E-state index contributed by atoms with van der Waals surface area (Å²) in [5, 5.41) is 22.9. The average Bonchev–Trinajstić information content (AvgIpc) is 3.35. The van der Waals surface area contributed by atoms with Gasteiger partial charge in [0.1, 0.15) is 5.82 Å². The highest BCUT2D eigenvalue weighted by Gasteiger charge is 2.10. The molecule has 2 N–H and O–H groups in total. The van der Waals surface area contributed by atoms with Gasteiger partial charge in [0.05, 0.1) is 0 Å². The molecule has 0 aliphatic carbocycles. The number of rotatable bonds is 5. The van der Waals surface area contributed by atoms with E-state index < -0.39 is 0 Å². The minimum atomic E-state index is -0.0924. The summed E-state index contributed by atoms with van der Waals surface area (Å²) in [7, 11) is 1.62. The maximum absolute atomic E-state index is 11.6. The molecule has 26 heavy (non-hydrogen) atoms. The van der Waals surface area contributed by atoms with E-state index in [9.17, 15) is 4.79 Å². The quantitative estimate of drug-likeness (QED) is 0.569. The lowest BCUT2D eigenvalue weighted by Gasteiger charge is -2.07. The van der Waals surface area contributed by atoms with Gasteiger partial charge in [0.15, 0.2) is 11.5 Å². The third-order valence-corrected chi connectivity index (χ3v) is 4.64. The number of thiophene rings is 1. The van der Waals surface area contributed by atoms with E-state index >= 15 is 0 Å². The molecule has 0 radical (unpaired) electrons. The van der Waals surface area contributed by atoms with Crippen molar-refractivity contribution in [2.45, 2.75) is 6.54 Å². The van der Waals surface area contributed by atoms with Gasteiger partial charge in [0, 0.05) is 30.1 Å². The Morgan fingerprint density at radius 2 is 1.96 bits per heavy atom. The Bertz CT molecular complexity index is 1040. The topological polar surface area (TPSA) is 84.2 Å². The van der Waals surface area contributed by atoms with Crippen molar-refractivity contribution in [1.29, 1.82) is 0 Å². The largest absolute Gasteiger partial charge is 0.365 e. The molecule has 0 unspecified atom stereocenters. The maximum atomic E-state index is 11.6. The molecule has 1 amide bonds. The summed E-state index contributed by atoms with van der Waals surface area (Å²) in [5.41, 5.74) is 3.39. The van der Waals surface area contributed by atoms with Crippen molar-refractivity contribution >= 4 is 28.7 Å². The Hall–Kier alpha value is -3.26. The van der Waals surface area contributed by atoms with Crippen molar-refractivity contribution in [1.82, 2.24) is 25.1 Å². The van der Waals surface area contributed by atoms with Gasteiger partial charge in [-0.05, 0) is 41.3 Å². The molecular weight excluding hydrogens is 348 g/mol. The summed E-state index contributed by atoms with van der Waals surface area (Å²) in [5.74, 6) is 1.36. The van der Waals surface area contributed by atoms with Crippen LogP contribution in [0, 0.1) is 0 Å². The first-order valence-corrected chi connectivity index (χ1v) is 8.99. The van der Waals surface area contributed by atoms with Gasteiger partial charge >= 0.3 is 0 Å². The summed E-state index contributed by atoms with van der Waals surface area (Å²) in [6.07, 6.45) is 0. The number of hydrogen-bond acceptors (Lipinski definition) is 6. The van der Waals surface area contributed by atoms with Gasteiger partial charge < -0.3 is 10.6 Å². The molecule has 0 aliphatic rings. The van der Waals surface area contributed by atoms with Crippen molar-refractivity contribution < 1.29 is 4.79 Å². The molecule has 0 saturated heterocycles. The fourth-order valence-corrected chi connectivity index (χ4v) is 3.20. The zero-order chi connectivity index (χ0) is 17.9. The fourth-order valence-electron chi connectivity index (χ4n) is 2.57. The number of nitrogens with one attached hydrogen (secondary N) is 2. The standard InChI is InChI=1S/C18H16N6OS/c1-19-18(25)13-4-2-12(3-5-13)10-20-15-6-7-16-21-22-17(24(16)23-15)14-8-9-26-11-14/h2-9,11H,10H2,1H3,(H,19,25)(H,20,23). The fraction of sp³-hybridized carbons (Fsp3) is 0.111. The molecule has 8 heteroatoms. The van der Waals surface area contributed by atoms with Gasteiger partial charge in [-0.15, -0.1) is 15.3 Å². The first kappa shape index (κ1) is 16.2. The number of hydrogen-bond donors (Lipinski definition) is 2. The number of aromatic nitrogens is 4. The molecule has 3 heterocycles. The van der Waals surface area contributed by atoms with Crippen LogP contribution < -0.4 is 10.6 Å². The predicted molar refractivity (Wildman–Crippen MR) is 101 cm³/mol. The normalized spacial score (nSPS) is 10.8. The molecule has 0 fully saturated rings. The molecular formula is C18H16N6OS. The van der Waals surface area contributed by atoms with Crippen LogP contribution in [-0.2, 0) is 6.54 Å². The molecule has 130 valence electrons. The third-order valence-electron chi connectivity index (χ3n) is 3.96. The van der Waals surface area contributed by atoms with Crippen LogP contribution in [0.1, 0.15) is 15.9 Å². The second kappa shape index (κ2) is 6.93. The SMILES string of the molecule is CNC(=O)c1ccc(CNc2ccc3nnc(-c4ccsc4)n3n2)cc1. The van der Waals surface area contributed by atoms with Crippen molar-refractivity contribution in [3.63, 3.8) is 0 Å². The van der Waals surface area contributed by atoms with Gasteiger partial charge in [-0.3, -0.25) is 4.79 Å². The summed E-state index contributed by atoms with van der Waals surface area (Å²) in [6, 6.07) is 13.2. The lowest BCUT2D eigenvalue weighted by molar-refractivity contribution is 0.0963. The second-order valence-electron chi connectivity index (χ2n) is 5.65. The van der Waals surface area contributed by atoms with Gasteiger partial charge in [-0.1, -0.05) is 12.1 Å². The van der Waals surface area contributed by atoms with Crippen molar-refractivity contribution in [2.75, 3.05) is 12.4 Å². The molecule has 4 rings (SSSR count). The Morgan fingerprint density at radius 3 is 2.69 bits per heavy atom. The average molecular weight is 364 g/mol. The number of carbonyl (C=O) groups excluding carboxylic acids is 1. The highest BCUT2D eigenvalue weighted by Crippen LogP contribution is 2.21. The summed E-state index contributed by atoms with van der Waals surface area (Å²) >= 11 is 1.61. The van der Waals surface area contributed by atoms with Crippen LogP contribution >= 0.6 is 11.3 Å². The number of anilines is 1. The van der Waals surface area contributed by atoms with E-state index in [-0.39, 0.29) is 5.91 Å². The molecule has 0 atom stereocenters. The predicted octanol–water partition coefficient (Wildman–Crippen LogP) is 2.82.